The van der Waals surface area contributed by atoms with Crippen molar-refractivity contribution in [3.05, 3.63) is 77.6 Å². The van der Waals surface area contributed by atoms with Crippen LogP contribution in [0.3, 0.4) is 0 Å². The lowest BCUT2D eigenvalue weighted by atomic mass is 10.1. The Morgan fingerprint density at radius 2 is 1.79 bits per heavy atom. The van der Waals surface area contributed by atoms with Crippen LogP contribution < -0.4 is 16.8 Å². The number of nitrogen functional groups attached to an aromatic ring is 1. The standard InChI is InChI=1S/C20H17N5O4/c21-17-16(19(27)29-20(22)28)25-15(11-23-17)13-7-4-8-14(9-13)18(26)24-10-12-5-2-1-3-6-12/h1-9,11H,10H2,(H2,21,23)(H2,22,28)(H,24,26). The van der Waals surface area contributed by atoms with Crippen molar-refractivity contribution in [1.29, 1.82) is 0 Å². The number of nitrogens with two attached hydrogens (primary N) is 2. The van der Waals surface area contributed by atoms with Crippen molar-refractivity contribution < 1.29 is 19.1 Å². The van der Waals surface area contributed by atoms with Gasteiger partial charge in [-0.3, -0.25) is 4.79 Å². The smallest absolute Gasteiger partial charge is 0.382 e. The molecule has 1 heterocycles. The van der Waals surface area contributed by atoms with E-state index in [1.54, 1.807) is 24.3 Å². The third kappa shape index (κ3) is 4.92. The van der Waals surface area contributed by atoms with E-state index in [-0.39, 0.29) is 23.1 Å². The fourth-order valence-corrected chi connectivity index (χ4v) is 2.53. The van der Waals surface area contributed by atoms with E-state index in [2.05, 4.69) is 20.0 Å². The van der Waals surface area contributed by atoms with Gasteiger partial charge in [-0.1, -0.05) is 42.5 Å². The summed E-state index contributed by atoms with van der Waals surface area (Å²) in [6.45, 7) is 0.384. The molecule has 146 valence electrons. The summed E-state index contributed by atoms with van der Waals surface area (Å²) in [5.74, 6) is -1.59. The molecule has 5 N–H and O–H groups in total. The first-order valence-electron chi connectivity index (χ1n) is 8.50. The van der Waals surface area contributed by atoms with Gasteiger partial charge in [0.1, 0.15) is 0 Å². The Morgan fingerprint density at radius 3 is 2.52 bits per heavy atom. The predicted octanol–water partition coefficient (Wildman–Crippen LogP) is 1.89. The average molecular weight is 391 g/mol. The summed E-state index contributed by atoms with van der Waals surface area (Å²) in [4.78, 5) is 43.1. The zero-order chi connectivity index (χ0) is 20.8. The quantitative estimate of drug-likeness (QED) is 0.444. The molecule has 3 aromatic rings. The van der Waals surface area contributed by atoms with E-state index >= 15 is 0 Å². The van der Waals surface area contributed by atoms with Gasteiger partial charge in [-0.2, -0.15) is 0 Å². The maximum absolute atomic E-state index is 12.5. The molecule has 3 rings (SSSR count). The number of amides is 2. The number of aromatic nitrogens is 2. The van der Waals surface area contributed by atoms with E-state index < -0.39 is 12.1 Å². The zero-order valence-corrected chi connectivity index (χ0v) is 15.2. The monoisotopic (exact) mass is 391 g/mol. The van der Waals surface area contributed by atoms with Crippen molar-refractivity contribution >= 4 is 23.8 Å². The minimum atomic E-state index is -1.28. The molecule has 2 amide bonds. The molecule has 0 aliphatic carbocycles. The van der Waals surface area contributed by atoms with Crippen molar-refractivity contribution in [1.82, 2.24) is 15.3 Å². The predicted molar refractivity (Wildman–Crippen MR) is 104 cm³/mol. The lowest BCUT2D eigenvalue weighted by molar-refractivity contribution is 0.0632. The van der Waals surface area contributed by atoms with Crippen LogP contribution >= 0.6 is 0 Å². The summed E-state index contributed by atoms with van der Waals surface area (Å²) in [7, 11) is 0. The number of esters is 1. The molecule has 0 saturated heterocycles. The minimum absolute atomic E-state index is 0.211. The van der Waals surface area contributed by atoms with Crippen molar-refractivity contribution in [2.24, 2.45) is 5.73 Å². The number of rotatable bonds is 5. The molecule has 0 spiro atoms. The molecule has 0 unspecified atom stereocenters. The first-order valence-corrected chi connectivity index (χ1v) is 8.50. The molecule has 0 aliphatic heterocycles. The summed E-state index contributed by atoms with van der Waals surface area (Å²) >= 11 is 0. The first kappa shape index (κ1) is 19.5. The van der Waals surface area contributed by atoms with E-state index in [4.69, 9.17) is 11.5 Å². The van der Waals surface area contributed by atoms with Gasteiger partial charge in [0.05, 0.1) is 11.9 Å². The summed E-state index contributed by atoms with van der Waals surface area (Å²) in [6, 6.07) is 16.1. The second kappa shape index (κ2) is 8.61. The highest BCUT2D eigenvalue weighted by atomic mass is 16.6. The normalized spacial score (nSPS) is 10.2. The zero-order valence-electron chi connectivity index (χ0n) is 15.2. The molecule has 0 fully saturated rings. The molecule has 0 aliphatic rings. The number of nitrogens with one attached hydrogen (secondary N) is 1. The Hall–Kier alpha value is -4.27. The number of hydrogen-bond acceptors (Lipinski definition) is 7. The van der Waals surface area contributed by atoms with Gasteiger partial charge < -0.3 is 21.5 Å². The third-order valence-corrected chi connectivity index (χ3v) is 3.90. The highest BCUT2D eigenvalue weighted by Crippen LogP contribution is 2.20. The molecule has 9 heteroatoms. The van der Waals surface area contributed by atoms with Gasteiger partial charge >= 0.3 is 12.1 Å². The fraction of sp³-hybridized carbons (Fsp3) is 0.0500. The van der Waals surface area contributed by atoms with Gasteiger partial charge in [0, 0.05) is 17.7 Å². The maximum atomic E-state index is 12.5. The van der Waals surface area contributed by atoms with Gasteiger partial charge in [-0.05, 0) is 17.7 Å². The highest BCUT2D eigenvalue weighted by Gasteiger charge is 2.18. The number of anilines is 1. The van der Waals surface area contributed by atoms with Crippen LogP contribution in [0.5, 0.6) is 0 Å². The Balaban J connectivity index is 1.81. The van der Waals surface area contributed by atoms with Crippen molar-refractivity contribution in [2.75, 3.05) is 5.73 Å². The van der Waals surface area contributed by atoms with Gasteiger partial charge in [0.2, 0.25) is 0 Å². The van der Waals surface area contributed by atoms with Gasteiger partial charge in [-0.25, -0.2) is 19.6 Å². The van der Waals surface area contributed by atoms with E-state index in [1.807, 2.05) is 30.3 Å². The Morgan fingerprint density at radius 1 is 1.03 bits per heavy atom. The first-order chi connectivity index (χ1) is 13.9. The molecule has 0 bridgehead atoms. The second-order valence-corrected chi connectivity index (χ2v) is 5.95. The maximum Gasteiger partial charge on any atom is 0.412 e. The minimum Gasteiger partial charge on any atom is -0.382 e. The van der Waals surface area contributed by atoms with Crippen LogP contribution in [-0.2, 0) is 11.3 Å². The molecular weight excluding hydrogens is 374 g/mol. The highest BCUT2D eigenvalue weighted by molar-refractivity contribution is 5.98. The van der Waals surface area contributed by atoms with E-state index in [0.717, 1.165) is 5.56 Å². The summed E-state index contributed by atoms with van der Waals surface area (Å²) < 4.78 is 4.30. The van der Waals surface area contributed by atoms with E-state index in [1.165, 1.54) is 6.20 Å². The Kier molecular flexibility index (Phi) is 5.79. The number of carbonyl (C=O) groups excluding carboxylic acids is 3. The molecule has 0 radical (unpaired) electrons. The summed E-state index contributed by atoms with van der Waals surface area (Å²) in [5.41, 5.74) is 12.3. The molecule has 29 heavy (non-hydrogen) atoms. The van der Waals surface area contributed by atoms with Crippen molar-refractivity contribution in [2.45, 2.75) is 6.54 Å². The summed E-state index contributed by atoms with van der Waals surface area (Å²) in [6.07, 6.45) is 0.0656. The average Bonchev–Trinajstić information content (AvgIpc) is 2.72. The van der Waals surface area contributed by atoms with Crippen LogP contribution in [0.1, 0.15) is 26.4 Å². The number of hydrogen-bond donors (Lipinski definition) is 3. The Labute approximate surface area is 165 Å². The number of benzene rings is 2. The number of carbonyl (C=O) groups is 3. The SMILES string of the molecule is NC(=O)OC(=O)c1nc(-c2cccc(C(=O)NCc3ccccc3)c2)cnc1N. The fourth-order valence-electron chi connectivity index (χ4n) is 2.53. The van der Waals surface area contributed by atoms with Crippen LogP contribution in [0.4, 0.5) is 10.6 Å². The number of primary amides is 1. The van der Waals surface area contributed by atoms with Gasteiger partial charge in [0.25, 0.3) is 5.91 Å². The molecule has 1 aromatic heterocycles. The molecule has 9 nitrogen and oxygen atoms in total. The van der Waals surface area contributed by atoms with Crippen LogP contribution in [-0.4, -0.2) is 27.9 Å². The molecular formula is C20H17N5O4. The molecule has 2 aromatic carbocycles. The van der Waals surface area contributed by atoms with Gasteiger partial charge in [-0.15, -0.1) is 0 Å². The summed E-state index contributed by atoms with van der Waals surface area (Å²) in [5, 5.41) is 2.83. The number of nitrogens with zero attached hydrogens (tertiary/aromatic N) is 2. The third-order valence-electron chi connectivity index (χ3n) is 3.90. The van der Waals surface area contributed by atoms with Gasteiger partial charge in [0.15, 0.2) is 11.5 Å². The van der Waals surface area contributed by atoms with E-state index in [9.17, 15) is 14.4 Å². The number of ether oxygens (including phenoxy) is 1. The van der Waals surface area contributed by atoms with Crippen molar-refractivity contribution in [3.63, 3.8) is 0 Å². The van der Waals surface area contributed by atoms with Crippen LogP contribution in [0, 0.1) is 0 Å². The molecule has 0 saturated carbocycles. The van der Waals surface area contributed by atoms with E-state index in [0.29, 0.717) is 17.7 Å². The second-order valence-electron chi connectivity index (χ2n) is 5.95. The lowest BCUT2D eigenvalue weighted by Crippen LogP contribution is -2.22. The Bertz CT molecular complexity index is 1070. The molecule has 0 atom stereocenters. The van der Waals surface area contributed by atoms with Crippen LogP contribution in [0.25, 0.3) is 11.3 Å². The van der Waals surface area contributed by atoms with Crippen LogP contribution in [0.2, 0.25) is 0 Å². The lowest BCUT2D eigenvalue weighted by Gasteiger charge is -2.08. The topological polar surface area (TPSA) is 150 Å². The van der Waals surface area contributed by atoms with Crippen molar-refractivity contribution in [3.8, 4) is 11.3 Å². The largest absolute Gasteiger partial charge is 0.412 e. The van der Waals surface area contributed by atoms with Crippen LogP contribution in [0.15, 0.2) is 60.8 Å².